The number of nitrogens with zero attached hydrogens (tertiary/aromatic N) is 1. The topological polar surface area (TPSA) is 29.5 Å². The van der Waals surface area contributed by atoms with Crippen LogP contribution in [0.15, 0.2) is 30.3 Å². The third-order valence-electron chi connectivity index (χ3n) is 4.63. The summed E-state index contributed by atoms with van der Waals surface area (Å²) in [5, 5.41) is 0. The zero-order chi connectivity index (χ0) is 14.7. The minimum atomic E-state index is -0.00613. The fourth-order valence-electron chi connectivity index (χ4n) is 3.08. The monoisotopic (exact) mass is 287 g/mol. The number of benzene rings is 1. The molecule has 2 aliphatic rings. The predicted molar refractivity (Wildman–Crippen MR) is 83.1 cm³/mol. The van der Waals surface area contributed by atoms with Gasteiger partial charge in [0, 0.05) is 19.7 Å². The van der Waals surface area contributed by atoms with E-state index in [0.717, 1.165) is 44.0 Å². The van der Waals surface area contributed by atoms with Gasteiger partial charge in [0.2, 0.25) is 5.91 Å². The number of hydrogen-bond acceptors (Lipinski definition) is 2. The van der Waals surface area contributed by atoms with Gasteiger partial charge in [-0.3, -0.25) is 4.79 Å². The average Bonchev–Trinajstić information content (AvgIpc) is 3.23. The van der Waals surface area contributed by atoms with Gasteiger partial charge in [-0.05, 0) is 37.2 Å². The van der Waals surface area contributed by atoms with Crippen molar-refractivity contribution >= 4 is 5.91 Å². The first kappa shape index (κ1) is 14.6. The standard InChI is InChI=1S/C18H25NO2/c1-2-17(15-6-4-3-5-7-15)18(20)19-11-10-16(12-19)21-13-14-8-9-14/h3-7,14,16-17H,2,8-13H2,1H3. The Morgan fingerprint density at radius 3 is 2.71 bits per heavy atom. The van der Waals surface area contributed by atoms with Crippen molar-refractivity contribution in [1.82, 2.24) is 4.90 Å². The lowest BCUT2D eigenvalue weighted by atomic mass is 9.95. The molecule has 1 aromatic rings. The second kappa shape index (κ2) is 6.61. The minimum absolute atomic E-state index is 0.00613. The van der Waals surface area contributed by atoms with Crippen LogP contribution in [0.3, 0.4) is 0 Å². The Bertz CT molecular complexity index is 469. The van der Waals surface area contributed by atoms with Crippen LogP contribution in [-0.2, 0) is 9.53 Å². The first-order valence-corrected chi connectivity index (χ1v) is 8.23. The van der Waals surface area contributed by atoms with Gasteiger partial charge in [-0.25, -0.2) is 0 Å². The Morgan fingerprint density at radius 1 is 1.29 bits per heavy atom. The smallest absolute Gasteiger partial charge is 0.230 e. The fourth-order valence-corrected chi connectivity index (χ4v) is 3.08. The Hall–Kier alpha value is -1.35. The summed E-state index contributed by atoms with van der Waals surface area (Å²) in [6.45, 7) is 4.60. The number of carbonyl (C=O) groups excluding carboxylic acids is 1. The van der Waals surface area contributed by atoms with Gasteiger partial charge in [0.05, 0.1) is 12.0 Å². The summed E-state index contributed by atoms with van der Waals surface area (Å²) in [7, 11) is 0. The molecule has 3 nitrogen and oxygen atoms in total. The van der Waals surface area contributed by atoms with Crippen molar-refractivity contribution in [3.8, 4) is 0 Å². The third-order valence-corrected chi connectivity index (χ3v) is 4.63. The molecule has 1 heterocycles. The average molecular weight is 287 g/mol. The maximum absolute atomic E-state index is 12.7. The normalized spacial score (nSPS) is 23.3. The highest BCUT2D eigenvalue weighted by molar-refractivity contribution is 5.84. The highest BCUT2D eigenvalue weighted by atomic mass is 16.5. The second-order valence-electron chi connectivity index (χ2n) is 6.34. The molecule has 0 spiro atoms. The van der Waals surface area contributed by atoms with Crippen molar-refractivity contribution < 1.29 is 9.53 Å². The molecular formula is C18H25NO2. The molecule has 0 bridgehead atoms. The van der Waals surface area contributed by atoms with Crippen LogP contribution in [0.4, 0.5) is 0 Å². The van der Waals surface area contributed by atoms with E-state index in [1.807, 2.05) is 23.1 Å². The lowest BCUT2D eigenvalue weighted by molar-refractivity contribution is -0.132. The lowest BCUT2D eigenvalue weighted by Crippen LogP contribution is -2.34. The van der Waals surface area contributed by atoms with Crippen molar-refractivity contribution in [3.63, 3.8) is 0 Å². The molecule has 0 N–H and O–H groups in total. The summed E-state index contributed by atoms with van der Waals surface area (Å²) in [6.07, 6.45) is 4.74. The molecular weight excluding hydrogens is 262 g/mol. The van der Waals surface area contributed by atoms with E-state index < -0.39 is 0 Å². The van der Waals surface area contributed by atoms with Crippen LogP contribution in [0.1, 0.15) is 44.1 Å². The summed E-state index contributed by atoms with van der Waals surface area (Å²) >= 11 is 0. The van der Waals surface area contributed by atoms with Gasteiger partial charge in [0.25, 0.3) is 0 Å². The van der Waals surface area contributed by atoms with E-state index in [1.165, 1.54) is 12.8 Å². The van der Waals surface area contributed by atoms with E-state index in [1.54, 1.807) is 0 Å². The molecule has 1 saturated heterocycles. The molecule has 0 radical (unpaired) electrons. The Balaban J connectivity index is 1.56. The molecule has 1 aromatic carbocycles. The second-order valence-corrected chi connectivity index (χ2v) is 6.34. The van der Waals surface area contributed by atoms with Gasteiger partial charge in [0.15, 0.2) is 0 Å². The maximum Gasteiger partial charge on any atom is 0.230 e. The minimum Gasteiger partial charge on any atom is -0.376 e. The number of rotatable bonds is 6. The summed E-state index contributed by atoms with van der Waals surface area (Å²) in [4.78, 5) is 14.7. The van der Waals surface area contributed by atoms with Gasteiger partial charge in [0.1, 0.15) is 0 Å². The van der Waals surface area contributed by atoms with Crippen molar-refractivity contribution in [2.45, 2.75) is 44.6 Å². The van der Waals surface area contributed by atoms with Crippen molar-refractivity contribution in [2.24, 2.45) is 5.92 Å². The molecule has 3 rings (SSSR count). The summed E-state index contributed by atoms with van der Waals surface area (Å²) in [5.41, 5.74) is 1.13. The molecule has 2 atom stereocenters. The molecule has 2 unspecified atom stereocenters. The third kappa shape index (κ3) is 3.65. The zero-order valence-electron chi connectivity index (χ0n) is 12.8. The summed E-state index contributed by atoms with van der Waals surface area (Å²) in [5.74, 6) is 1.05. The maximum atomic E-state index is 12.7. The Morgan fingerprint density at radius 2 is 2.05 bits per heavy atom. The predicted octanol–water partition coefficient (Wildman–Crippen LogP) is 3.21. The number of likely N-dealkylation sites (tertiary alicyclic amines) is 1. The van der Waals surface area contributed by atoms with Crippen LogP contribution < -0.4 is 0 Å². The van der Waals surface area contributed by atoms with Crippen molar-refractivity contribution in [3.05, 3.63) is 35.9 Å². The highest BCUT2D eigenvalue weighted by Gasteiger charge is 2.32. The fraction of sp³-hybridized carbons (Fsp3) is 0.611. The molecule has 0 aromatic heterocycles. The number of ether oxygens (including phenoxy) is 1. The summed E-state index contributed by atoms with van der Waals surface area (Å²) < 4.78 is 5.93. The molecule has 3 heteroatoms. The van der Waals surface area contributed by atoms with Crippen LogP contribution in [0.5, 0.6) is 0 Å². The summed E-state index contributed by atoms with van der Waals surface area (Å²) in [6, 6.07) is 10.1. The lowest BCUT2D eigenvalue weighted by Gasteiger charge is -2.23. The van der Waals surface area contributed by atoms with E-state index >= 15 is 0 Å². The van der Waals surface area contributed by atoms with Gasteiger partial charge in [-0.2, -0.15) is 0 Å². The van der Waals surface area contributed by atoms with Gasteiger partial charge < -0.3 is 9.64 Å². The molecule has 2 fully saturated rings. The number of carbonyl (C=O) groups is 1. The van der Waals surface area contributed by atoms with Crippen LogP contribution in [-0.4, -0.2) is 36.6 Å². The molecule has 21 heavy (non-hydrogen) atoms. The zero-order valence-corrected chi connectivity index (χ0v) is 12.8. The van der Waals surface area contributed by atoms with E-state index in [0.29, 0.717) is 0 Å². The number of hydrogen-bond donors (Lipinski definition) is 0. The van der Waals surface area contributed by atoms with Crippen LogP contribution in [0, 0.1) is 5.92 Å². The van der Waals surface area contributed by atoms with Crippen LogP contribution in [0.25, 0.3) is 0 Å². The molecule has 1 saturated carbocycles. The van der Waals surface area contributed by atoms with E-state index in [-0.39, 0.29) is 17.9 Å². The SMILES string of the molecule is CCC(C(=O)N1CCC(OCC2CC2)C1)c1ccccc1. The first-order chi connectivity index (χ1) is 10.3. The van der Waals surface area contributed by atoms with Gasteiger partial charge in [-0.15, -0.1) is 0 Å². The first-order valence-electron chi connectivity index (χ1n) is 8.23. The molecule has 1 aliphatic carbocycles. The largest absolute Gasteiger partial charge is 0.376 e. The van der Waals surface area contributed by atoms with E-state index in [2.05, 4.69) is 19.1 Å². The molecule has 114 valence electrons. The molecule has 1 amide bonds. The quantitative estimate of drug-likeness (QED) is 0.804. The van der Waals surface area contributed by atoms with E-state index in [4.69, 9.17) is 4.74 Å². The highest BCUT2D eigenvalue weighted by Crippen LogP contribution is 2.30. The van der Waals surface area contributed by atoms with Crippen molar-refractivity contribution in [1.29, 1.82) is 0 Å². The van der Waals surface area contributed by atoms with Gasteiger partial charge >= 0.3 is 0 Å². The Labute approximate surface area is 127 Å². The van der Waals surface area contributed by atoms with E-state index in [9.17, 15) is 4.79 Å². The molecule has 1 aliphatic heterocycles. The number of amides is 1. The van der Waals surface area contributed by atoms with Crippen LogP contribution >= 0.6 is 0 Å². The van der Waals surface area contributed by atoms with Gasteiger partial charge in [-0.1, -0.05) is 37.3 Å². The Kier molecular flexibility index (Phi) is 4.59. The van der Waals surface area contributed by atoms with Crippen molar-refractivity contribution in [2.75, 3.05) is 19.7 Å². The van der Waals surface area contributed by atoms with Crippen LogP contribution in [0.2, 0.25) is 0 Å².